The van der Waals surface area contributed by atoms with Crippen molar-refractivity contribution in [2.24, 2.45) is 0 Å². The van der Waals surface area contributed by atoms with Crippen molar-refractivity contribution in [2.45, 2.75) is 6.54 Å². The molecule has 5 nitrogen and oxygen atoms in total. The number of hydrogen-bond acceptors (Lipinski definition) is 4. The van der Waals surface area contributed by atoms with Gasteiger partial charge >= 0.3 is 0 Å². The van der Waals surface area contributed by atoms with Crippen LogP contribution < -0.4 is 15.4 Å². The van der Waals surface area contributed by atoms with E-state index in [1.807, 2.05) is 25.2 Å². The minimum absolute atomic E-state index is 0.00945. The molecule has 1 aromatic rings. The van der Waals surface area contributed by atoms with Gasteiger partial charge in [-0.05, 0) is 40.7 Å². The Morgan fingerprint density at radius 3 is 2.94 bits per heavy atom. The van der Waals surface area contributed by atoms with E-state index in [0.29, 0.717) is 5.75 Å². The Balaban J connectivity index is 2.52. The van der Waals surface area contributed by atoms with E-state index < -0.39 is 0 Å². The van der Waals surface area contributed by atoms with Crippen LogP contribution in [0.5, 0.6) is 5.75 Å². The third kappa shape index (κ3) is 4.73. The van der Waals surface area contributed by atoms with Gasteiger partial charge in [-0.25, -0.2) is 0 Å². The topological polar surface area (TPSA) is 74.2 Å². The molecule has 0 radical (unpaired) electrons. The van der Waals surface area contributed by atoms with Crippen molar-refractivity contribution in [1.29, 1.82) is 5.26 Å². The Morgan fingerprint density at radius 1 is 1.56 bits per heavy atom. The lowest BCUT2D eigenvalue weighted by atomic mass is 10.2. The number of rotatable bonds is 6. The van der Waals surface area contributed by atoms with E-state index >= 15 is 0 Å². The Hall–Kier alpha value is -1.58. The quantitative estimate of drug-likeness (QED) is 0.774. The number of nitriles is 1. The lowest BCUT2D eigenvalue weighted by molar-refractivity contribution is -0.122. The number of amides is 1. The number of benzene rings is 1. The fraction of sp³-hybridized carbons (Fsp3) is 0.333. The molecular formula is C12H14BrN3O2. The third-order valence-electron chi connectivity index (χ3n) is 2.10. The van der Waals surface area contributed by atoms with Gasteiger partial charge in [0.1, 0.15) is 12.3 Å². The third-order valence-corrected chi connectivity index (χ3v) is 2.72. The summed E-state index contributed by atoms with van der Waals surface area (Å²) in [4.78, 5) is 11.2. The van der Waals surface area contributed by atoms with E-state index in [2.05, 4.69) is 26.6 Å². The van der Waals surface area contributed by atoms with Gasteiger partial charge in [0.2, 0.25) is 0 Å². The fourth-order valence-corrected chi connectivity index (χ4v) is 1.85. The first-order valence-corrected chi connectivity index (χ1v) is 6.16. The molecule has 0 bridgehead atoms. The molecule has 0 heterocycles. The number of ether oxygens (including phenoxy) is 1. The van der Waals surface area contributed by atoms with Gasteiger partial charge in [0.05, 0.1) is 10.5 Å². The van der Waals surface area contributed by atoms with Crippen LogP contribution in [0.1, 0.15) is 5.56 Å². The van der Waals surface area contributed by atoms with Crippen molar-refractivity contribution >= 4 is 21.8 Å². The first kappa shape index (κ1) is 14.5. The molecule has 0 unspecified atom stereocenters. The van der Waals surface area contributed by atoms with E-state index in [9.17, 15) is 4.79 Å². The molecule has 0 atom stereocenters. The van der Waals surface area contributed by atoms with E-state index in [0.717, 1.165) is 16.6 Å². The van der Waals surface area contributed by atoms with Gasteiger partial charge in [-0.15, -0.1) is 0 Å². The molecule has 1 amide bonds. The van der Waals surface area contributed by atoms with Crippen molar-refractivity contribution < 1.29 is 9.53 Å². The summed E-state index contributed by atoms with van der Waals surface area (Å²) in [6, 6.07) is 7.48. The highest BCUT2D eigenvalue weighted by Crippen LogP contribution is 2.25. The summed E-state index contributed by atoms with van der Waals surface area (Å²) < 4.78 is 6.13. The molecule has 0 spiro atoms. The second-order valence-corrected chi connectivity index (χ2v) is 4.37. The first-order valence-electron chi connectivity index (χ1n) is 5.37. The zero-order valence-electron chi connectivity index (χ0n) is 10.00. The molecule has 18 heavy (non-hydrogen) atoms. The van der Waals surface area contributed by atoms with E-state index in [4.69, 9.17) is 10.00 Å². The molecular weight excluding hydrogens is 298 g/mol. The maximum Gasteiger partial charge on any atom is 0.258 e. The lowest BCUT2D eigenvalue weighted by Gasteiger charge is -2.09. The lowest BCUT2D eigenvalue weighted by Crippen LogP contribution is -2.29. The highest BCUT2D eigenvalue weighted by molar-refractivity contribution is 9.10. The predicted molar refractivity (Wildman–Crippen MR) is 71.0 cm³/mol. The van der Waals surface area contributed by atoms with Crippen LogP contribution in [0.4, 0.5) is 0 Å². The monoisotopic (exact) mass is 311 g/mol. The highest BCUT2D eigenvalue weighted by atomic mass is 79.9. The summed E-state index contributed by atoms with van der Waals surface area (Å²) in [6.07, 6.45) is 0. The zero-order chi connectivity index (χ0) is 13.4. The first-order chi connectivity index (χ1) is 8.67. The van der Waals surface area contributed by atoms with Crippen molar-refractivity contribution in [2.75, 3.05) is 20.2 Å². The number of carbonyl (C=O) groups excluding carboxylic acids is 1. The number of hydrogen-bond donors (Lipinski definition) is 2. The van der Waals surface area contributed by atoms with E-state index in [1.165, 1.54) is 0 Å². The summed E-state index contributed by atoms with van der Waals surface area (Å²) in [5.74, 6) is 0.282. The Labute approximate surface area is 114 Å². The number of nitrogens with one attached hydrogen (secondary N) is 2. The average molecular weight is 312 g/mol. The van der Waals surface area contributed by atoms with Crippen molar-refractivity contribution in [1.82, 2.24) is 10.6 Å². The number of nitrogens with zero attached hydrogens (tertiary/aromatic N) is 1. The largest absolute Gasteiger partial charge is 0.483 e. The molecule has 1 aromatic carbocycles. The van der Waals surface area contributed by atoms with Crippen molar-refractivity contribution in [3.05, 3.63) is 28.2 Å². The summed E-state index contributed by atoms with van der Waals surface area (Å²) in [6.45, 7) is 0.650. The maximum absolute atomic E-state index is 11.2. The van der Waals surface area contributed by atoms with Gasteiger partial charge in [0, 0.05) is 6.54 Å². The number of carbonyl (C=O) groups is 1. The van der Waals surface area contributed by atoms with Gasteiger partial charge in [-0.3, -0.25) is 4.79 Å². The van der Waals surface area contributed by atoms with Crippen LogP contribution >= 0.6 is 15.9 Å². The normalized spacial score (nSPS) is 9.61. The van der Waals surface area contributed by atoms with Crippen LogP contribution in [0.2, 0.25) is 0 Å². The van der Waals surface area contributed by atoms with Gasteiger partial charge in [-0.1, -0.05) is 6.07 Å². The Bertz CT molecular complexity index is 457. The Morgan fingerprint density at radius 2 is 2.33 bits per heavy atom. The average Bonchev–Trinajstić information content (AvgIpc) is 2.35. The van der Waals surface area contributed by atoms with E-state index in [-0.39, 0.29) is 19.1 Å². The summed E-state index contributed by atoms with van der Waals surface area (Å²) >= 11 is 3.38. The second kappa shape index (κ2) is 7.69. The van der Waals surface area contributed by atoms with Gasteiger partial charge < -0.3 is 15.4 Å². The highest BCUT2D eigenvalue weighted by Gasteiger charge is 2.05. The standard InChI is InChI=1S/C12H14BrN3O2/c1-15-7-9-2-3-11(10(13)6-9)18-8-12(17)16-5-4-14/h2-3,6,15H,5,7-8H2,1H3,(H,16,17). The molecule has 0 aliphatic heterocycles. The summed E-state index contributed by atoms with van der Waals surface area (Å²) in [5, 5.41) is 13.8. The SMILES string of the molecule is CNCc1ccc(OCC(=O)NCC#N)c(Br)c1. The van der Waals surface area contributed by atoms with Crippen molar-refractivity contribution in [3.63, 3.8) is 0 Å². The second-order valence-electron chi connectivity index (χ2n) is 3.52. The summed E-state index contributed by atoms with van der Waals surface area (Å²) in [5.41, 5.74) is 1.12. The number of halogens is 1. The van der Waals surface area contributed by atoms with Gasteiger partial charge in [-0.2, -0.15) is 5.26 Å². The van der Waals surface area contributed by atoms with Crippen LogP contribution in [-0.4, -0.2) is 26.1 Å². The van der Waals surface area contributed by atoms with Crippen LogP contribution in [0, 0.1) is 11.3 Å². The Kier molecular flexibility index (Phi) is 6.19. The maximum atomic E-state index is 11.2. The molecule has 0 saturated carbocycles. The van der Waals surface area contributed by atoms with Crippen LogP contribution in [0.25, 0.3) is 0 Å². The molecule has 0 fully saturated rings. The smallest absolute Gasteiger partial charge is 0.258 e. The molecule has 0 saturated heterocycles. The molecule has 0 aromatic heterocycles. The van der Waals surface area contributed by atoms with Gasteiger partial charge in [0.25, 0.3) is 5.91 Å². The van der Waals surface area contributed by atoms with E-state index in [1.54, 1.807) is 6.07 Å². The molecule has 1 rings (SSSR count). The van der Waals surface area contributed by atoms with Crippen LogP contribution in [0.3, 0.4) is 0 Å². The van der Waals surface area contributed by atoms with Gasteiger partial charge in [0.15, 0.2) is 6.61 Å². The predicted octanol–water partition coefficient (Wildman–Crippen LogP) is 1.19. The zero-order valence-corrected chi connectivity index (χ0v) is 11.6. The molecule has 0 aliphatic rings. The fourth-order valence-electron chi connectivity index (χ4n) is 1.31. The minimum Gasteiger partial charge on any atom is -0.483 e. The van der Waals surface area contributed by atoms with Crippen LogP contribution in [-0.2, 0) is 11.3 Å². The molecule has 2 N–H and O–H groups in total. The molecule has 6 heteroatoms. The molecule has 0 aliphatic carbocycles. The minimum atomic E-state index is -0.317. The van der Waals surface area contributed by atoms with Crippen molar-refractivity contribution in [3.8, 4) is 11.8 Å². The van der Waals surface area contributed by atoms with Crippen LogP contribution in [0.15, 0.2) is 22.7 Å². The molecule has 96 valence electrons. The summed E-state index contributed by atoms with van der Waals surface area (Å²) in [7, 11) is 1.87.